The van der Waals surface area contributed by atoms with Crippen LogP contribution in [0.25, 0.3) is 0 Å². The van der Waals surface area contributed by atoms with E-state index in [1.165, 1.54) is 6.07 Å². The van der Waals surface area contributed by atoms with E-state index in [-0.39, 0.29) is 11.1 Å². The number of nitrogens with two attached hydrogens (primary N) is 1. The van der Waals surface area contributed by atoms with Gasteiger partial charge in [0.15, 0.2) is 0 Å². The molecule has 0 aliphatic heterocycles. The predicted octanol–water partition coefficient (Wildman–Crippen LogP) is 2.90. The monoisotopic (exact) mass is 270 g/mol. The molecule has 1 aromatic carbocycles. The van der Waals surface area contributed by atoms with Gasteiger partial charge in [-0.15, -0.1) is 0 Å². The van der Waals surface area contributed by atoms with Crippen LogP contribution in [0.3, 0.4) is 0 Å². The van der Waals surface area contributed by atoms with E-state index in [2.05, 4.69) is 18.7 Å². The summed E-state index contributed by atoms with van der Waals surface area (Å²) in [6.07, 6.45) is 0. The minimum absolute atomic E-state index is 0.0572. The van der Waals surface area contributed by atoms with Gasteiger partial charge in [-0.25, -0.2) is 4.39 Å². The van der Waals surface area contributed by atoms with Crippen LogP contribution in [-0.2, 0) is 0 Å². The van der Waals surface area contributed by atoms with Crippen LogP contribution in [0.2, 0.25) is 0 Å². The number of halogens is 1. The summed E-state index contributed by atoms with van der Waals surface area (Å²) in [6, 6.07) is 6.92. The van der Waals surface area contributed by atoms with Crippen LogP contribution < -0.4 is 5.73 Å². The Bertz CT molecular complexity index is 342. The molecule has 4 heteroatoms. The smallest absolute Gasteiger partial charge is 0.127 e. The molecule has 0 radical (unpaired) electrons. The van der Waals surface area contributed by atoms with Crippen LogP contribution in [0.15, 0.2) is 24.3 Å². The van der Waals surface area contributed by atoms with E-state index in [4.69, 9.17) is 5.73 Å². The lowest BCUT2D eigenvalue weighted by molar-refractivity contribution is 0.323. The van der Waals surface area contributed by atoms with Crippen molar-refractivity contribution in [2.45, 2.75) is 19.1 Å². The van der Waals surface area contributed by atoms with Gasteiger partial charge in [-0.05, 0) is 19.2 Å². The summed E-state index contributed by atoms with van der Waals surface area (Å²) in [7, 11) is 0. The van der Waals surface area contributed by atoms with Gasteiger partial charge in [0.05, 0.1) is 0 Å². The van der Waals surface area contributed by atoms with E-state index in [0.29, 0.717) is 6.54 Å². The molecule has 1 atom stereocenters. The molecule has 0 saturated carbocycles. The van der Waals surface area contributed by atoms with Gasteiger partial charge in [0.2, 0.25) is 0 Å². The van der Waals surface area contributed by atoms with Crippen molar-refractivity contribution in [2.24, 2.45) is 5.73 Å². The Morgan fingerprint density at radius 1 is 1.28 bits per heavy atom. The molecule has 102 valence electrons. The van der Waals surface area contributed by atoms with E-state index in [1.54, 1.807) is 17.8 Å². The van der Waals surface area contributed by atoms with Gasteiger partial charge >= 0.3 is 0 Å². The molecule has 0 fully saturated rings. The molecule has 0 heterocycles. The van der Waals surface area contributed by atoms with Crippen molar-refractivity contribution in [1.82, 2.24) is 4.90 Å². The van der Waals surface area contributed by atoms with Crippen molar-refractivity contribution < 1.29 is 4.39 Å². The Kier molecular flexibility index (Phi) is 7.32. The summed E-state index contributed by atoms with van der Waals surface area (Å²) in [5.74, 6) is 0.834. The zero-order valence-electron chi connectivity index (χ0n) is 11.2. The SMILES string of the molecule is CCN(CC)CCSC(CN)c1ccccc1F. The first kappa shape index (κ1) is 15.5. The summed E-state index contributed by atoms with van der Waals surface area (Å²) in [5.41, 5.74) is 6.48. The van der Waals surface area contributed by atoms with Crippen LogP contribution in [-0.4, -0.2) is 36.8 Å². The Hall–Kier alpha value is -0.580. The molecular formula is C14H23FN2S. The van der Waals surface area contributed by atoms with E-state index in [1.807, 2.05) is 12.1 Å². The summed E-state index contributed by atoms with van der Waals surface area (Å²) in [4.78, 5) is 2.36. The fraction of sp³-hybridized carbons (Fsp3) is 0.571. The van der Waals surface area contributed by atoms with E-state index in [9.17, 15) is 4.39 Å². The maximum absolute atomic E-state index is 13.7. The zero-order chi connectivity index (χ0) is 13.4. The highest BCUT2D eigenvalue weighted by molar-refractivity contribution is 7.99. The molecule has 1 aromatic rings. The first-order valence-electron chi connectivity index (χ1n) is 6.51. The Balaban J connectivity index is 2.50. The second-order valence-electron chi connectivity index (χ2n) is 4.14. The molecule has 2 N–H and O–H groups in total. The number of thioether (sulfide) groups is 1. The molecule has 2 nitrogen and oxygen atoms in total. The van der Waals surface area contributed by atoms with Crippen LogP contribution in [0.1, 0.15) is 24.7 Å². The van der Waals surface area contributed by atoms with Gasteiger partial charge in [-0.2, -0.15) is 11.8 Å². The van der Waals surface area contributed by atoms with Gasteiger partial charge in [-0.3, -0.25) is 0 Å². The largest absolute Gasteiger partial charge is 0.329 e. The number of benzene rings is 1. The number of hydrogen-bond donors (Lipinski definition) is 1. The molecule has 18 heavy (non-hydrogen) atoms. The summed E-state index contributed by atoms with van der Waals surface area (Å²) in [6.45, 7) is 7.94. The topological polar surface area (TPSA) is 29.3 Å². The van der Waals surface area contributed by atoms with Crippen molar-refractivity contribution in [2.75, 3.05) is 31.9 Å². The lowest BCUT2D eigenvalue weighted by Gasteiger charge is -2.20. The van der Waals surface area contributed by atoms with Crippen molar-refractivity contribution in [3.63, 3.8) is 0 Å². The second-order valence-corrected chi connectivity index (χ2v) is 5.45. The molecule has 0 spiro atoms. The molecular weight excluding hydrogens is 247 g/mol. The minimum Gasteiger partial charge on any atom is -0.329 e. The fourth-order valence-electron chi connectivity index (χ4n) is 1.88. The molecule has 0 saturated heterocycles. The molecule has 0 aromatic heterocycles. The normalized spacial score (nSPS) is 12.9. The Morgan fingerprint density at radius 2 is 1.94 bits per heavy atom. The van der Waals surface area contributed by atoms with Gasteiger partial charge in [0.1, 0.15) is 5.82 Å². The fourth-order valence-corrected chi connectivity index (χ4v) is 3.04. The molecule has 1 rings (SSSR count). The van der Waals surface area contributed by atoms with Crippen LogP contribution in [0.5, 0.6) is 0 Å². The highest BCUT2D eigenvalue weighted by atomic mass is 32.2. The van der Waals surface area contributed by atoms with Crippen LogP contribution >= 0.6 is 11.8 Å². The van der Waals surface area contributed by atoms with Gasteiger partial charge in [-0.1, -0.05) is 32.0 Å². The van der Waals surface area contributed by atoms with Gasteiger partial charge in [0.25, 0.3) is 0 Å². The Morgan fingerprint density at radius 3 is 2.50 bits per heavy atom. The van der Waals surface area contributed by atoms with Crippen molar-refractivity contribution in [3.05, 3.63) is 35.6 Å². The lowest BCUT2D eigenvalue weighted by atomic mass is 10.1. The number of hydrogen-bond acceptors (Lipinski definition) is 3. The first-order chi connectivity index (χ1) is 8.72. The van der Waals surface area contributed by atoms with E-state index < -0.39 is 0 Å². The quantitative estimate of drug-likeness (QED) is 0.787. The summed E-state index contributed by atoms with van der Waals surface area (Å²) in [5, 5.41) is 0.0572. The number of rotatable bonds is 8. The lowest BCUT2D eigenvalue weighted by Crippen LogP contribution is -2.26. The molecule has 0 bridgehead atoms. The standard InChI is InChI=1S/C14H23FN2S/c1-3-17(4-2)9-10-18-14(11-16)12-7-5-6-8-13(12)15/h5-8,14H,3-4,9-11,16H2,1-2H3. The average Bonchev–Trinajstić information content (AvgIpc) is 2.40. The third-order valence-electron chi connectivity index (χ3n) is 3.09. The predicted molar refractivity (Wildman–Crippen MR) is 78.4 cm³/mol. The maximum Gasteiger partial charge on any atom is 0.127 e. The molecule has 0 aliphatic rings. The number of nitrogens with zero attached hydrogens (tertiary/aromatic N) is 1. The summed E-state index contributed by atoms with van der Waals surface area (Å²) >= 11 is 1.74. The van der Waals surface area contributed by atoms with E-state index in [0.717, 1.165) is 31.0 Å². The maximum atomic E-state index is 13.7. The third kappa shape index (κ3) is 4.59. The van der Waals surface area contributed by atoms with Crippen LogP contribution in [0, 0.1) is 5.82 Å². The van der Waals surface area contributed by atoms with Gasteiger partial charge in [0, 0.05) is 29.7 Å². The average molecular weight is 270 g/mol. The van der Waals surface area contributed by atoms with Crippen LogP contribution in [0.4, 0.5) is 4.39 Å². The Labute approximate surface area is 114 Å². The third-order valence-corrected chi connectivity index (χ3v) is 4.35. The summed E-state index contributed by atoms with van der Waals surface area (Å²) < 4.78 is 13.7. The van der Waals surface area contributed by atoms with Crippen molar-refractivity contribution in [3.8, 4) is 0 Å². The second kappa shape index (κ2) is 8.51. The highest BCUT2D eigenvalue weighted by Crippen LogP contribution is 2.29. The first-order valence-corrected chi connectivity index (χ1v) is 7.56. The molecule has 0 amide bonds. The van der Waals surface area contributed by atoms with Crippen molar-refractivity contribution in [1.29, 1.82) is 0 Å². The minimum atomic E-state index is -0.150. The van der Waals surface area contributed by atoms with E-state index >= 15 is 0 Å². The van der Waals surface area contributed by atoms with Crippen molar-refractivity contribution >= 4 is 11.8 Å². The van der Waals surface area contributed by atoms with Gasteiger partial charge < -0.3 is 10.6 Å². The molecule has 0 aliphatic carbocycles. The molecule has 1 unspecified atom stereocenters. The zero-order valence-corrected chi connectivity index (χ0v) is 12.0. The highest BCUT2D eigenvalue weighted by Gasteiger charge is 2.14.